The van der Waals surface area contributed by atoms with Gasteiger partial charge in [-0.1, -0.05) is 16.8 Å². The molecule has 124 valence electrons. The van der Waals surface area contributed by atoms with Gasteiger partial charge in [0.05, 0.1) is 26.9 Å². The van der Waals surface area contributed by atoms with E-state index >= 15 is 0 Å². The molecule has 0 aliphatic rings. The zero-order chi connectivity index (χ0) is 17.1. The molecule has 0 spiro atoms. The summed E-state index contributed by atoms with van der Waals surface area (Å²) in [5, 5.41) is 4.81. The van der Waals surface area contributed by atoms with Gasteiger partial charge in [0, 0.05) is 28.8 Å². The number of ether oxygens (including phenoxy) is 3. The van der Waals surface area contributed by atoms with E-state index in [1.54, 1.807) is 45.6 Å². The fraction of sp³-hybridized carbons (Fsp3) is 0.167. The van der Waals surface area contributed by atoms with E-state index < -0.39 is 0 Å². The van der Waals surface area contributed by atoms with Crippen LogP contribution in [0.3, 0.4) is 0 Å². The van der Waals surface area contributed by atoms with Crippen LogP contribution in [-0.4, -0.2) is 26.5 Å². The molecule has 3 rings (SSSR count). The Hall–Kier alpha value is -2.66. The van der Waals surface area contributed by atoms with E-state index in [-0.39, 0.29) is 0 Å². The molecule has 0 radical (unpaired) electrons. The molecule has 0 N–H and O–H groups in total. The first kappa shape index (κ1) is 16.2. The summed E-state index contributed by atoms with van der Waals surface area (Å²) in [6.07, 6.45) is 0. The highest BCUT2D eigenvalue weighted by atomic mass is 35.5. The van der Waals surface area contributed by atoms with Gasteiger partial charge in [0.2, 0.25) is 0 Å². The minimum absolute atomic E-state index is 0.585. The van der Waals surface area contributed by atoms with Crippen molar-refractivity contribution in [3.8, 4) is 39.8 Å². The molecule has 6 heteroatoms. The van der Waals surface area contributed by atoms with Gasteiger partial charge in [0.15, 0.2) is 5.76 Å². The average molecular weight is 346 g/mol. The third-order valence-electron chi connectivity index (χ3n) is 3.61. The van der Waals surface area contributed by atoms with E-state index in [1.807, 2.05) is 18.2 Å². The maximum Gasteiger partial charge on any atom is 0.167 e. The van der Waals surface area contributed by atoms with Gasteiger partial charge in [0.25, 0.3) is 0 Å². The van der Waals surface area contributed by atoms with Gasteiger partial charge in [0.1, 0.15) is 22.9 Å². The molecule has 0 aliphatic heterocycles. The average Bonchev–Trinajstić information content (AvgIpc) is 3.10. The fourth-order valence-corrected chi connectivity index (χ4v) is 2.53. The van der Waals surface area contributed by atoms with Crippen molar-refractivity contribution in [2.24, 2.45) is 0 Å². The van der Waals surface area contributed by atoms with Crippen molar-refractivity contribution >= 4 is 11.6 Å². The molecule has 0 unspecified atom stereocenters. The summed E-state index contributed by atoms with van der Waals surface area (Å²) >= 11 is 5.92. The molecule has 0 saturated heterocycles. The molecule has 1 heterocycles. The van der Waals surface area contributed by atoms with Crippen LogP contribution in [-0.2, 0) is 0 Å². The van der Waals surface area contributed by atoms with Crippen LogP contribution in [0.1, 0.15) is 0 Å². The van der Waals surface area contributed by atoms with E-state index in [0.29, 0.717) is 39.3 Å². The number of aromatic nitrogens is 1. The molecule has 2 aromatic carbocycles. The van der Waals surface area contributed by atoms with Gasteiger partial charge < -0.3 is 18.7 Å². The van der Waals surface area contributed by atoms with Crippen LogP contribution in [0.4, 0.5) is 0 Å². The Morgan fingerprint density at radius 2 is 1.50 bits per heavy atom. The number of hydrogen-bond acceptors (Lipinski definition) is 5. The van der Waals surface area contributed by atoms with Crippen molar-refractivity contribution in [2.45, 2.75) is 0 Å². The lowest BCUT2D eigenvalue weighted by molar-refractivity contribution is 0.376. The molecular weight excluding hydrogens is 330 g/mol. The topological polar surface area (TPSA) is 53.7 Å². The minimum Gasteiger partial charge on any atom is -0.496 e. The SMILES string of the molecule is COc1cc(OC)c(-c2cc(-c3ccc(Cl)cc3)on2)c(OC)c1. The van der Waals surface area contributed by atoms with Crippen molar-refractivity contribution in [3.05, 3.63) is 47.5 Å². The molecule has 0 fully saturated rings. The highest BCUT2D eigenvalue weighted by molar-refractivity contribution is 6.30. The molecule has 0 atom stereocenters. The summed E-state index contributed by atoms with van der Waals surface area (Å²) in [5.74, 6) is 2.43. The number of hydrogen-bond donors (Lipinski definition) is 0. The number of nitrogens with zero attached hydrogens (tertiary/aromatic N) is 1. The van der Waals surface area contributed by atoms with Crippen LogP contribution in [0.5, 0.6) is 17.2 Å². The zero-order valence-electron chi connectivity index (χ0n) is 13.5. The van der Waals surface area contributed by atoms with Gasteiger partial charge >= 0.3 is 0 Å². The Labute approximate surface area is 144 Å². The largest absolute Gasteiger partial charge is 0.496 e. The standard InChI is InChI=1S/C18H16ClNO4/c1-21-13-8-16(22-2)18(17(9-13)23-3)14-10-15(24-20-14)11-4-6-12(19)7-5-11/h4-10H,1-3H3. The fourth-order valence-electron chi connectivity index (χ4n) is 2.40. The highest BCUT2D eigenvalue weighted by Crippen LogP contribution is 2.42. The van der Waals surface area contributed by atoms with Crippen molar-refractivity contribution < 1.29 is 18.7 Å². The van der Waals surface area contributed by atoms with E-state index in [1.165, 1.54) is 0 Å². The third-order valence-corrected chi connectivity index (χ3v) is 3.86. The molecule has 24 heavy (non-hydrogen) atoms. The summed E-state index contributed by atoms with van der Waals surface area (Å²) in [4.78, 5) is 0. The molecule has 3 aromatic rings. The van der Waals surface area contributed by atoms with Crippen LogP contribution in [0.2, 0.25) is 5.02 Å². The Balaban J connectivity index is 2.08. The van der Waals surface area contributed by atoms with Crippen molar-refractivity contribution in [1.29, 1.82) is 0 Å². The van der Waals surface area contributed by atoms with E-state index in [4.69, 9.17) is 30.3 Å². The first-order valence-corrected chi connectivity index (χ1v) is 7.57. The van der Waals surface area contributed by atoms with E-state index in [9.17, 15) is 0 Å². The minimum atomic E-state index is 0.585. The van der Waals surface area contributed by atoms with Crippen LogP contribution >= 0.6 is 11.6 Å². The van der Waals surface area contributed by atoms with Gasteiger partial charge in [-0.15, -0.1) is 0 Å². The van der Waals surface area contributed by atoms with Crippen LogP contribution in [0.25, 0.3) is 22.6 Å². The smallest absolute Gasteiger partial charge is 0.167 e. The Bertz CT molecular complexity index is 817. The summed E-state index contributed by atoms with van der Waals surface area (Å²) in [6, 6.07) is 12.7. The third kappa shape index (κ3) is 3.03. The zero-order valence-corrected chi connectivity index (χ0v) is 14.3. The number of benzene rings is 2. The molecule has 0 bridgehead atoms. The lowest BCUT2D eigenvalue weighted by Crippen LogP contribution is -1.95. The van der Waals surface area contributed by atoms with E-state index in [2.05, 4.69) is 5.16 Å². The Morgan fingerprint density at radius 1 is 0.875 bits per heavy atom. The number of halogens is 1. The normalized spacial score (nSPS) is 10.5. The monoisotopic (exact) mass is 345 g/mol. The summed E-state index contributed by atoms with van der Waals surface area (Å²) in [6.45, 7) is 0. The van der Waals surface area contributed by atoms with E-state index in [0.717, 1.165) is 5.56 Å². The quantitative estimate of drug-likeness (QED) is 0.671. The molecule has 0 saturated carbocycles. The maximum atomic E-state index is 5.92. The van der Waals surface area contributed by atoms with Crippen LogP contribution in [0.15, 0.2) is 47.0 Å². The molecule has 0 aliphatic carbocycles. The number of rotatable bonds is 5. The highest BCUT2D eigenvalue weighted by Gasteiger charge is 2.19. The second-order valence-corrected chi connectivity index (χ2v) is 5.43. The maximum absolute atomic E-state index is 5.92. The van der Waals surface area contributed by atoms with Gasteiger partial charge in [-0.2, -0.15) is 0 Å². The number of methoxy groups -OCH3 is 3. The first-order chi connectivity index (χ1) is 11.7. The molecule has 1 aromatic heterocycles. The van der Waals surface area contributed by atoms with Crippen molar-refractivity contribution in [2.75, 3.05) is 21.3 Å². The first-order valence-electron chi connectivity index (χ1n) is 7.19. The second kappa shape index (κ2) is 6.84. The Kier molecular flexibility index (Phi) is 4.62. The van der Waals surface area contributed by atoms with Gasteiger partial charge in [-0.05, 0) is 24.3 Å². The second-order valence-electron chi connectivity index (χ2n) is 4.99. The van der Waals surface area contributed by atoms with Crippen molar-refractivity contribution in [1.82, 2.24) is 5.16 Å². The van der Waals surface area contributed by atoms with Gasteiger partial charge in [-0.25, -0.2) is 0 Å². The molecule has 0 amide bonds. The Morgan fingerprint density at radius 3 is 2.04 bits per heavy atom. The summed E-state index contributed by atoms with van der Waals surface area (Å²) < 4.78 is 21.6. The van der Waals surface area contributed by atoms with Crippen molar-refractivity contribution in [3.63, 3.8) is 0 Å². The predicted octanol–water partition coefficient (Wildman–Crippen LogP) is 4.69. The lowest BCUT2D eigenvalue weighted by Gasteiger charge is -2.13. The van der Waals surface area contributed by atoms with Gasteiger partial charge in [-0.3, -0.25) is 0 Å². The predicted molar refractivity (Wildman–Crippen MR) is 92.0 cm³/mol. The lowest BCUT2D eigenvalue weighted by atomic mass is 10.1. The molecule has 5 nitrogen and oxygen atoms in total. The van der Waals surface area contributed by atoms with Crippen LogP contribution in [0, 0.1) is 0 Å². The van der Waals surface area contributed by atoms with Crippen LogP contribution < -0.4 is 14.2 Å². The summed E-state index contributed by atoms with van der Waals surface area (Å²) in [7, 11) is 4.75. The molecular formula is C18H16ClNO4. The summed E-state index contributed by atoms with van der Waals surface area (Å²) in [5.41, 5.74) is 2.19.